The number of amidine groups is 1. The number of halogens is 1. The molecule has 8 atom stereocenters. The van der Waals surface area contributed by atoms with E-state index in [0.717, 1.165) is 60.4 Å². The highest BCUT2D eigenvalue weighted by molar-refractivity contribution is 6.06. The fourth-order valence-corrected chi connectivity index (χ4v) is 14.6. The van der Waals surface area contributed by atoms with Crippen LogP contribution in [-0.2, 0) is 127 Å². The quantitative estimate of drug-likeness (QED) is 0.0124. The molecule has 125 heavy (non-hydrogen) atoms. The van der Waals surface area contributed by atoms with Crippen LogP contribution in [0, 0.1) is 29.1 Å². The van der Waals surface area contributed by atoms with Gasteiger partial charge in [0.1, 0.15) is 42.9 Å². The number of benzene rings is 3. The van der Waals surface area contributed by atoms with Crippen molar-refractivity contribution in [3.8, 4) is 5.75 Å². The summed E-state index contributed by atoms with van der Waals surface area (Å²) < 4.78 is 102. The summed E-state index contributed by atoms with van der Waals surface area (Å²) >= 11 is 0. The SMILES string of the molecule is N=C(N)CCCC[C@@H]1NC(=O)C(CCCCCC(=O)CCOCCOCCOCCOCCOCCOCCOCCOCCOCCOCCOCCOCCCC(=O)OCc2ccc(C3=NNC(c4ccccc4)=C4CC[C@H]5[C@@H](CCC34)[C@H]5COCCOCCOCCF)cc2)NC(=O)[C@@H](Cc2ccc(O)cc2)NC(=O)[C@H](CC(=O)O)NC(=O)CCC1=O. The minimum atomic E-state index is -1.61. The highest BCUT2D eigenvalue weighted by Gasteiger charge is 2.51. The highest BCUT2D eigenvalue weighted by Crippen LogP contribution is 2.56. The molecule has 2 heterocycles. The van der Waals surface area contributed by atoms with Crippen LogP contribution in [0.25, 0.3) is 5.70 Å². The van der Waals surface area contributed by atoms with Gasteiger partial charge in [0.2, 0.25) is 23.6 Å². The number of unbranched alkanes of at least 4 members (excludes halogenated alkanes) is 3. The molecule has 10 N–H and O–H groups in total. The number of ether oxygens (including phenoxy) is 16. The number of ketones is 2. The number of hydrogen-bond acceptors (Lipinski definition) is 28. The lowest BCUT2D eigenvalue weighted by molar-refractivity contribution is -0.145. The Kier molecular flexibility index (Phi) is 53.4. The van der Waals surface area contributed by atoms with Crippen molar-refractivity contribution in [2.75, 3.05) is 205 Å². The molecule has 4 aliphatic rings. The molecule has 698 valence electrons. The number of alkyl halides is 1. The molecule has 4 amide bonds. The number of esters is 1. The molecule has 1 saturated heterocycles. The number of allylic oxidation sites excluding steroid dienone is 1. The number of carboxylic acid groups (broad SMARTS) is 1. The molecular weight excluding hydrogens is 1630 g/mol. The second kappa shape index (κ2) is 64.4. The van der Waals surface area contributed by atoms with Crippen molar-refractivity contribution in [3.05, 3.63) is 107 Å². The molecular formula is C90H135FN8O26. The summed E-state index contributed by atoms with van der Waals surface area (Å²) in [4.78, 5) is 105. The summed E-state index contributed by atoms with van der Waals surface area (Å²) in [5.74, 6) is -3.57. The zero-order valence-corrected chi connectivity index (χ0v) is 72.5. The first kappa shape index (κ1) is 104. The molecule has 3 aromatic carbocycles. The van der Waals surface area contributed by atoms with Gasteiger partial charge in [-0.15, -0.1) is 0 Å². The lowest BCUT2D eigenvalue weighted by Crippen LogP contribution is -2.58. The Hall–Kier alpha value is -8.37. The summed E-state index contributed by atoms with van der Waals surface area (Å²) in [6, 6.07) is 19.2. The summed E-state index contributed by atoms with van der Waals surface area (Å²) in [5.41, 5.74) is 16.1. The van der Waals surface area contributed by atoms with Crippen LogP contribution in [0.15, 0.2) is 89.5 Å². The molecule has 2 aliphatic heterocycles. The third-order valence-electron chi connectivity index (χ3n) is 21.3. The van der Waals surface area contributed by atoms with E-state index in [0.29, 0.717) is 234 Å². The van der Waals surface area contributed by atoms with Crippen LogP contribution >= 0.6 is 0 Å². The fraction of sp³-hybridized carbons (Fsp3) is 0.667. The number of carbonyl (C=O) groups is 8. The van der Waals surface area contributed by atoms with Gasteiger partial charge < -0.3 is 113 Å². The number of Topliss-reactive ketones (excluding diaryl/α,β-unsaturated/α-hetero) is 2. The number of carbonyl (C=O) groups excluding carboxylic acids is 7. The molecule has 0 radical (unpaired) electrons. The van der Waals surface area contributed by atoms with E-state index in [1.165, 1.54) is 29.8 Å². The Labute approximate surface area is 733 Å². The molecule has 0 bridgehead atoms. The van der Waals surface area contributed by atoms with Gasteiger partial charge in [0.15, 0.2) is 5.78 Å². The molecule has 3 fully saturated rings. The predicted octanol–water partition coefficient (Wildman–Crippen LogP) is 6.63. The lowest BCUT2D eigenvalue weighted by Gasteiger charge is -2.31. The molecule has 0 spiro atoms. The maximum Gasteiger partial charge on any atom is 0.306 e. The van der Waals surface area contributed by atoms with Crippen LogP contribution < -0.4 is 32.4 Å². The van der Waals surface area contributed by atoms with Crippen molar-refractivity contribution >= 4 is 64.4 Å². The van der Waals surface area contributed by atoms with Gasteiger partial charge in [0.25, 0.3) is 0 Å². The molecule has 2 saturated carbocycles. The van der Waals surface area contributed by atoms with Gasteiger partial charge in [-0.25, -0.2) is 4.39 Å². The van der Waals surface area contributed by atoms with Crippen molar-refractivity contribution in [2.24, 2.45) is 34.5 Å². The highest BCUT2D eigenvalue weighted by atomic mass is 19.1. The van der Waals surface area contributed by atoms with Gasteiger partial charge in [-0.3, -0.25) is 49.2 Å². The first-order chi connectivity index (χ1) is 61.1. The minimum absolute atomic E-state index is 0.0216. The van der Waals surface area contributed by atoms with Crippen LogP contribution in [0.5, 0.6) is 5.75 Å². The monoisotopic (exact) mass is 1760 g/mol. The number of amides is 4. The molecule has 0 aromatic heterocycles. The zero-order valence-electron chi connectivity index (χ0n) is 72.5. The number of aliphatic carboxylic acids is 1. The zero-order chi connectivity index (χ0) is 89.0. The second-order valence-electron chi connectivity index (χ2n) is 30.7. The number of carboxylic acids is 1. The van der Waals surface area contributed by atoms with E-state index in [9.17, 15) is 53.0 Å². The van der Waals surface area contributed by atoms with Crippen molar-refractivity contribution in [1.82, 2.24) is 26.7 Å². The molecule has 35 heteroatoms. The number of aromatic hydroxyl groups is 1. The van der Waals surface area contributed by atoms with E-state index in [-0.39, 0.29) is 107 Å². The van der Waals surface area contributed by atoms with E-state index in [2.05, 4.69) is 63.1 Å². The average molecular weight is 1760 g/mol. The van der Waals surface area contributed by atoms with Crippen LogP contribution in [0.1, 0.15) is 144 Å². The average Bonchev–Trinajstić information content (AvgIpc) is 1.62. The molecule has 34 nitrogen and oxygen atoms in total. The van der Waals surface area contributed by atoms with Crippen molar-refractivity contribution in [3.63, 3.8) is 0 Å². The van der Waals surface area contributed by atoms with Gasteiger partial charge in [0, 0.05) is 57.5 Å². The molecule has 2 unspecified atom stereocenters. The summed E-state index contributed by atoms with van der Waals surface area (Å²) in [7, 11) is 0. The van der Waals surface area contributed by atoms with Crippen LogP contribution in [-0.4, -0.2) is 298 Å². The Morgan fingerprint density at radius 3 is 1.47 bits per heavy atom. The second-order valence-corrected chi connectivity index (χ2v) is 30.7. The lowest BCUT2D eigenvalue weighted by atomic mass is 9.78. The number of phenols is 1. The number of hydrogen-bond donors (Lipinski definition) is 9. The number of fused-ring (bicyclic) bond motifs is 2. The third-order valence-corrected chi connectivity index (χ3v) is 21.3. The number of nitrogens with zero attached hydrogens (tertiary/aromatic N) is 1. The van der Waals surface area contributed by atoms with Gasteiger partial charge in [-0.05, 0) is 116 Å². The van der Waals surface area contributed by atoms with E-state index < -0.39 is 79.1 Å². The predicted molar refractivity (Wildman–Crippen MR) is 458 cm³/mol. The van der Waals surface area contributed by atoms with Gasteiger partial charge in [0.05, 0.1) is 221 Å². The maximum absolute atomic E-state index is 14.1. The maximum atomic E-state index is 14.1. The van der Waals surface area contributed by atoms with E-state index in [1.807, 2.05) is 18.2 Å². The third kappa shape index (κ3) is 44.8. The van der Waals surface area contributed by atoms with Crippen LogP contribution in [0.3, 0.4) is 0 Å². The number of nitrogens with one attached hydrogen (secondary N) is 6. The first-order valence-corrected chi connectivity index (χ1v) is 44.2. The number of rotatable bonds is 69. The number of phenolic OH excluding ortho intramolecular Hbond substituents is 1. The van der Waals surface area contributed by atoms with Gasteiger partial charge >= 0.3 is 11.9 Å². The van der Waals surface area contributed by atoms with E-state index in [1.54, 1.807) is 0 Å². The summed E-state index contributed by atoms with van der Waals surface area (Å²) in [5, 5.41) is 42.4. The molecule has 3 aromatic rings. The summed E-state index contributed by atoms with van der Waals surface area (Å²) in [6.07, 6.45) is 6.37. The molecule has 7 rings (SSSR count). The standard InChI is InChI=1S/C90H135FN8O26/c91-32-35-112-38-41-123-60-61-124-65-76-72-25-27-74-75(28-26-73(72)76)87(99-98-86(74)68-10-3-1-4-11-68)69-21-17-67(18-22-69)64-125-85(106)16-9-33-110-36-39-113-42-44-115-46-48-117-50-52-119-54-56-121-58-59-122-57-55-120-53-51-118-49-47-116-45-43-114-40-37-111-34-31-70(100)12-5-2-6-14-78-88(107)95-77(13-7-8-15-82(92)93)81(102)29-30-83(103)94-80(63-84(104)105)90(109)97-79(89(108)96-78)62-66-19-23-71(101)24-20-66/h1,3-4,10-11,17-24,72-73,75-80,98,101H,2,5-9,12-16,25-65H2,(H3,92,93)(H,94,103)(H,95,107)(H,96,108)(H,97,109)(H,104,105)/t72-,73+,75?,76-,77-,78?,79+,80-/m0/s1. The largest absolute Gasteiger partial charge is 0.508 e. The van der Waals surface area contributed by atoms with Crippen LogP contribution in [0.2, 0.25) is 0 Å². The van der Waals surface area contributed by atoms with E-state index in [4.69, 9.17) is 92.0 Å². The normalized spacial score (nSPS) is 19.4. The smallest absolute Gasteiger partial charge is 0.306 e. The van der Waals surface area contributed by atoms with Crippen molar-refractivity contribution < 1.29 is 129 Å². The Bertz CT molecular complexity index is 3650. The van der Waals surface area contributed by atoms with Gasteiger partial charge in [-0.1, -0.05) is 86.0 Å². The van der Waals surface area contributed by atoms with Crippen LogP contribution in [0.4, 0.5) is 4.39 Å². The number of nitrogens with two attached hydrogens (primary N) is 1. The van der Waals surface area contributed by atoms with Gasteiger partial charge in [-0.2, -0.15) is 5.10 Å². The minimum Gasteiger partial charge on any atom is -0.508 e. The fourth-order valence-electron chi connectivity index (χ4n) is 14.6. The topological polar surface area (TPSA) is 447 Å². The van der Waals surface area contributed by atoms with Crippen molar-refractivity contribution in [2.45, 2.75) is 159 Å². The Morgan fingerprint density at radius 2 is 0.920 bits per heavy atom. The Balaban J connectivity index is 0.589. The first-order valence-electron chi connectivity index (χ1n) is 44.2. The van der Waals surface area contributed by atoms with E-state index >= 15 is 0 Å². The molecule has 2 aliphatic carbocycles. The van der Waals surface area contributed by atoms with Crippen molar-refractivity contribution in [1.29, 1.82) is 5.41 Å². The Morgan fingerprint density at radius 1 is 0.448 bits per heavy atom. The number of hydrazone groups is 1. The summed E-state index contributed by atoms with van der Waals surface area (Å²) in [6.45, 7) is 11.9.